The highest BCUT2D eigenvalue weighted by atomic mass is 14.9. The molecular formula is C14H22N2. The van der Waals surface area contributed by atoms with Crippen LogP contribution in [0.2, 0.25) is 0 Å². The Morgan fingerprint density at radius 1 is 1.25 bits per heavy atom. The minimum absolute atomic E-state index is 0.494. The lowest BCUT2D eigenvalue weighted by Crippen LogP contribution is -2.27. The van der Waals surface area contributed by atoms with Crippen molar-refractivity contribution in [2.45, 2.75) is 45.1 Å². The molecule has 2 nitrogen and oxygen atoms in total. The standard InChI is InChI=1S/C14H22N2/c1-11-8-9-13(10-16-11)14(15-2)12-6-4-3-5-7-12/h8-10,12,14-15H,3-7H2,1-2H3. The van der Waals surface area contributed by atoms with Crippen molar-refractivity contribution in [3.63, 3.8) is 0 Å². The zero-order chi connectivity index (χ0) is 11.4. The van der Waals surface area contributed by atoms with Crippen molar-refractivity contribution in [3.8, 4) is 0 Å². The Labute approximate surface area is 98.5 Å². The molecule has 1 saturated carbocycles. The molecule has 0 amide bonds. The van der Waals surface area contributed by atoms with Crippen molar-refractivity contribution >= 4 is 0 Å². The Morgan fingerprint density at radius 2 is 2.00 bits per heavy atom. The second-order valence-corrected chi connectivity index (χ2v) is 4.90. The molecule has 0 bridgehead atoms. The average Bonchev–Trinajstić information content (AvgIpc) is 2.34. The quantitative estimate of drug-likeness (QED) is 0.842. The first-order valence-corrected chi connectivity index (χ1v) is 6.41. The van der Waals surface area contributed by atoms with E-state index in [-0.39, 0.29) is 0 Å². The second kappa shape index (κ2) is 5.44. The Morgan fingerprint density at radius 3 is 2.56 bits per heavy atom. The van der Waals surface area contributed by atoms with E-state index in [0.29, 0.717) is 6.04 Å². The van der Waals surface area contributed by atoms with Crippen LogP contribution in [0.25, 0.3) is 0 Å². The van der Waals surface area contributed by atoms with Gasteiger partial charge in [0.25, 0.3) is 0 Å². The Hall–Kier alpha value is -0.890. The van der Waals surface area contributed by atoms with Gasteiger partial charge in [-0.05, 0) is 44.4 Å². The first kappa shape index (κ1) is 11.6. The van der Waals surface area contributed by atoms with E-state index in [9.17, 15) is 0 Å². The summed E-state index contributed by atoms with van der Waals surface area (Å²) in [5, 5.41) is 3.47. The normalized spacial score (nSPS) is 19.6. The van der Waals surface area contributed by atoms with Crippen molar-refractivity contribution in [1.82, 2.24) is 10.3 Å². The van der Waals surface area contributed by atoms with E-state index < -0.39 is 0 Å². The highest BCUT2D eigenvalue weighted by molar-refractivity contribution is 5.18. The zero-order valence-corrected chi connectivity index (χ0v) is 10.4. The predicted molar refractivity (Wildman–Crippen MR) is 67.3 cm³/mol. The molecule has 0 aliphatic heterocycles. The van der Waals surface area contributed by atoms with E-state index in [1.165, 1.54) is 37.7 Å². The molecule has 1 fully saturated rings. The minimum atomic E-state index is 0.494. The maximum absolute atomic E-state index is 4.40. The first-order chi connectivity index (χ1) is 7.81. The van der Waals surface area contributed by atoms with Gasteiger partial charge in [-0.15, -0.1) is 0 Å². The topological polar surface area (TPSA) is 24.9 Å². The van der Waals surface area contributed by atoms with E-state index in [4.69, 9.17) is 0 Å². The molecule has 1 heterocycles. The maximum Gasteiger partial charge on any atom is 0.0372 e. The number of aryl methyl sites for hydroxylation is 1. The molecule has 1 aromatic heterocycles. The summed E-state index contributed by atoms with van der Waals surface area (Å²) in [6.07, 6.45) is 8.95. The summed E-state index contributed by atoms with van der Waals surface area (Å²) in [5.74, 6) is 0.795. The highest BCUT2D eigenvalue weighted by Gasteiger charge is 2.23. The SMILES string of the molecule is CNC(c1ccc(C)nc1)C1CCCCC1. The van der Waals surface area contributed by atoms with E-state index in [0.717, 1.165) is 11.6 Å². The fraction of sp³-hybridized carbons (Fsp3) is 0.643. The fourth-order valence-electron chi connectivity index (χ4n) is 2.81. The van der Waals surface area contributed by atoms with Crippen LogP contribution in [-0.4, -0.2) is 12.0 Å². The monoisotopic (exact) mass is 218 g/mol. The molecule has 0 aromatic carbocycles. The molecule has 1 aromatic rings. The molecule has 0 saturated heterocycles. The number of aromatic nitrogens is 1. The maximum atomic E-state index is 4.40. The lowest BCUT2D eigenvalue weighted by molar-refractivity contribution is 0.281. The molecule has 1 N–H and O–H groups in total. The highest BCUT2D eigenvalue weighted by Crippen LogP contribution is 2.33. The molecule has 16 heavy (non-hydrogen) atoms. The molecule has 1 atom stereocenters. The lowest BCUT2D eigenvalue weighted by Gasteiger charge is -2.30. The van der Waals surface area contributed by atoms with Gasteiger partial charge in [0.1, 0.15) is 0 Å². The third-order valence-corrected chi connectivity index (χ3v) is 3.73. The molecule has 0 spiro atoms. The van der Waals surface area contributed by atoms with Crippen molar-refractivity contribution in [2.24, 2.45) is 5.92 Å². The van der Waals surface area contributed by atoms with Gasteiger partial charge in [-0.2, -0.15) is 0 Å². The molecule has 1 unspecified atom stereocenters. The van der Waals surface area contributed by atoms with Crippen LogP contribution < -0.4 is 5.32 Å². The van der Waals surface area contributed by atoms with Crippen LogP contribution in [0, 0.1) is 12.8 Å². The van der Waals surface area contributed by atoms with Gasteiger partial charge in [0.15, 0.2) is 0 Å². The van der Waals surface area contributed by atoms with E-state index >= 15 is 0 Å². The number of pyridine rings is 1. The summed E-state index contributed by atoms with van der Waals surface area (Å²) in [4.78, 5) is 4.40. The predicted octanol–water partition coefficient (Wildman–Crippen LogP) is 3.23. The number of nitrogens with one attached hydrogen (secondary N) is 1. The van der Waals surface area contributed by atoms with Gasteiger partial charge in [0.05, 0.1) is 0 Å². The largest absolute Gasteiger partial charge is 0.313 e. The van der Waals surface area contributed by atoms with Crippen LogP contribution in [0.15, 0.2) is 18.3 Å². The van der Waals surface area contributed by atoms with Crippen LogP contribution >= 0.6 is 0 Å². The molecule has 1 aliphatic carbocycles. The smallest absolute Gasteiger partial charge is 0.0372 e. The van der Waals surface area contributed by atoms with Gasteiger partial charge in [0.2, 0.25) is 0 Å². The zero-order valence-electron chi connectivity index (χ0n) is 10.4. The Balaban J connectivity index is 2.11. The van der Waals surface area contributed by atoms with Crippen LogP contribution in [-0.2, 0) is 0 Å². The summed E-state index contributed by atoms with van der Waals surface area (Å²) < 4.78 is 0. The summed E-state index contributed by atoms with van der Waals surface area (Å²) in [6.45, 7) is 2.04. The number of hydrogen-bond donors (Lipinski definition) is 1. The van der Waals surface area contributed by atoms with Crippen LogP contribution in [0.5, 0.6) is 0 Å². The van der Waals surface area contributed by atoms with E-state index in [1.807, 2.05) is 13.1 Å². The summed E-state index contributed by atoms with van der Waals surface area (Å²) in [5.41, 5.74) is 2.45. The van der Waals surface area contributed by atoms with E-state index in [1.54, 1.807) is 0 Å². The summed E-state index contributed by atoms with van der Waals surface area (Å²) in [7, 11) is 2.07. The van der Waals surface area contributed by atoms with Gasteiger partial charge >= 0.3 is 0 Å². The number of hydrogen-bond acceptors (Lipinski definition) is 2. The molecular weight excluding hydrogens is 196 g/mol. The summed E-state index contributed by atoms with van der Waals surface area (Å²) >= 11 is 0. The molecule has 0 radical (unpaired) electrons. The van der Waals surface area contributed by atoms with Gasteiger partial charge in [-0.3, -0.25) is 4.98 Å². The van der Waals surface area contributed by atoms with Crippen molar-refractivity contribution < 1.29 is 0 Å². The molecule has 88 valence electrons. The van der Waals surface area contributed by atoms with E-state index in [2.05, 4.69) is 29.5 Å². The van der Waals surface area contributed by atoms with Crippen molar-refractivity contribution in [1.29, 1.82) is 0 Å². The third-order valence-electron chi connectivity index (χ3n) is 3.73. The first-order valence-electron chi connectivity index (χ1n) is 6.41. The van der Waals surface area contributed by atoms with Crippen molar-refractivity contribution in [2.75, 3.05) is 7.05 Å². The Kier molecular flexibility index (Phi) is 3.94. The average molecular weight is 218 g/mol. The van der Waals surface area contributed by atoms with Crippen molar-refractivity contribution in [3.05, 3.63) is 29.6 Å². The van der Waals surface area contributed by atoms with Crippen LogP contribution in [0.3, 0.4) is 0 Å². The Bertz CT molecular complexity index is 312. The van der Waals surface area contributed by atoms with Gasteiger partial charge in [-0.25, -0.2) is 0 Å². The molecule has 1 aliphatic rings. The second-order valence-electron chi connectivity index (χ2n) is 4.90. The van der Waals surface area contributed by atoms with Crippen LogP contribution in [0.4, 0.5) is 0 Å². The number of rotatable bonds is 3. The minimum Gasteiger partial charge on any atom is -0.313 e. The van der Waals surface area contributed by atoms with Gasteiger partial charge < -0.3 is 5.32 Å². The lowest BCUT2D eigenvalue weighted by atomic mass is 9.81. The molecule has 2 heteroatoms. The fourth-order valence-corrected chi connectivity index (χ4v) is 2.81. The summed E-state index contributed by atoms with van der Waals surface area (Å²) in [6, 6.07) is 4.83. The third kappa shape index (κ3) is 2.62. The van der Waals surface area contributed by atoms with Gasteiger partial charge in [-0.1, -0.05) is 25.3 Å². The number of nitrogens with zero attached hydrogens (tertiary/aromatic N) is 1. The van der Waals surface area contributed by atoms with Gasteiger partial charge in [0, 0.05) is 17.9 Å². The molecule has 2 rings (SSSR count). The van der Waals surface area contributed by atoms with Crippen LogP contribution in [0.1, 0.15) is 49.4 Å².